The van der Waals surface area contributed by atoms with Gasteiger partial charge in [-0.05, 0) is 77.1 Å². The summed E-state index contributed by atoms with van der Waals surface area (Å²) in [5.74, 6) is 1.21. The molecule has 3 heterocycles. The minimum atomic E-state index is -0.200. The van der Waals surface area contributed by atoms with E-state index in [4.69, 9.17) is 11.3 Å². The summed E-state index contributed by atoms with van der Waals surface area (Å²) in [4.78, 5) is 8.02. The molecule has 0 spiro atoms. The van der Waals surface area contributed by atoms with Gasteiger partial charge < -0.3 is 14.5 Å². The molecule has 40 heavy (non-hydrogen) atoms. The molecule has 0 unspecified atom stereocenters. The molecule has 0 fully saturated rings. The van der Waals surface area contributed by atoms with Crippen LogP contribution in [0.15, 0.2) is 97.1 Å². The zero-order chi connectivity index (χ0) is 27.0. The summed E-state index contributed by atoms with van der Waals surface area (Å²) in [6.07, 6.45) is 0. The second-order valence-corrected chi connectivity index (χ2v) is 9.92. The Labute approximate surface area is 231 Å². The Balaban J connectivity index is 1.56. The molecule has 7 heteroatoms. The maximum Gasteiger partial charge on any atom is 0.261 e. The lowest BCUT2D eigenvalue weighted by Crippen LogP contribution is -2.63. The lowest BCUT2D eigenvalue weighted by Gasteiger charge is -2.46. The third-order valence-corrected chi connectivity index (χ3v) is 7.83. The SMILES string of the molecule is [C-]#[N+]c1cc2c3c(c1)N(c1ccccc1)c1cc(C#N)cc4c1B3c1c(cc(C#N)cc1N4c1ccccc1)O2. The normalized spacial score (nSPS) is 13.0. The van der Waals surface area contributed by atoms with Gasteiger partial charge in [0.05, 0.1) is 29.8 Å². The number of rotatable bonds is 2. The lowest BCUT2D eigenvalue weighted by atomic mass is 9.32. The highest BCUT2D eigenvalue weighted by molar-refractivity contribution is 7.01. The number of para-hydroxylation sites is 2. The third kappa shape index (κ3) is 2.85. The van der Waals surface area contributed by atoms with E-state index in [0.717, 1.165) is 50.5 Å². The summed E-state index contributed by atoms with van der Waals surface area (Å²) < 4.78 is 6.55. The zero-order valence-corrected chi connectivity index (χ0v) is 21.0. The van der Waals surface area contributed by atoms with Gasteiger partial charge >= 0.3 is 0 Å². The molecular weight excluding hydrogens is 493 g/mol. The van der Waals surface area contributed by atoms with Gasteiger partial charge in [0.1, 0.15) is 11.5 Å². The molecule has 8 rings (SSSR count). The highest BCUT2D eigenvalue weighted by Crippen LogP contribution is 2.49. The summed E-state index contributed by atoms with van der Waals surface area (Å²) >= 11 is 0. The molecule has 0 amide bonds. The van der Waals surface area contributed by atoms with Gasteiger partial charge in [-0.15, -0.1) is 0 Å². The summed E-state index contributed by atoms with van der Waals surface area (Å²) in [6.45, 7) is 7.61. The predicted molar refractivity (Wildman–Crippen MR) is 156 cm³/mol. The quantitative estimate of drug-likeness (QED) is 0.206. The molecular formula is C33H16BN5O. The van der Waals surface area contributed by atoms with Gasteiger partial charge in [-0.1, -0.05) is 36.4 Å². The molecule has 5 aromatic carbocycles. The Kier molecular flexibility index (Phi) is 4.42. The molecule has 5 aromatic rings. The van der Waals surface area contributed by atoms with E-state index in [-0.39, 0.29) is 6.71 Å². The van der Waals surface area contributed by atoms with Crippen LogP contribution in [-0.2, 0) is 0 Å². The standard InChI is InChI=1S/C33H16BN5O/c1-37-22-16-28-33-30(17-22)40-29-15-21(19-36)14-27-32(29)34(33)31-25(38(27)23-8-4-2-5-9-23)12-20(18-35)13-26(31)39(28)24-10-6-3-7-11-24/h2-17H. The van der Waals surface area contributed by atoms with Crippen LogP contribution in [0.5, 0.6) is 11.5 Å². The number of nitriles is 2. The van der Waals surface area contributed by atoms with Gasteiger partial charge in [-0.2, -0.15) is 10.5 Å². The van der Waals surface area contributed by atoms with E-state index in [2.05, 4.69) is 26.8 Å². The van der Waals surface area contributed by atoms with Crippen molar-refractivity contribution in [2.24, 2.45) is 0 Å². The largest absolute Gasteiger partial charge is 0.460 e. The molecule has 0 saturated carbocycles. The number of ether oxygens (including phenoxy) is 1. The van der Waals surface area contributed by atoms with E-state index >= 15 is 0 Å². The Morgan fingerprint density at radius 2 is 1.10 bits per heavy atom. The Morgan fingerprint density at radius 3 is 1.62 bits per heavy atom. The molecule has 0 bridgehead atoms. The first-order valence-corrected chi connectivity index (χ1v) is 12.8. The summed E-state index contributed by atoms with van der Waals surface area (Å²) in [5, 5.41) is 20.1. The predicted octanol–water partition coefficient (Wildman–Crippen LogP) is 6.17. The van der Waals surface area contributed by atoms with Crippen LogP contribution >= 0.6 is 0 Å². The number of hydrogen-bond donors (Lipinski definition) is 0. The Hall–Kier alpha value is -5.97. The number of nitrogens with zero attached hydrogens (tertiary/aromatic N) is 5. The smallest absolute Gasteiger partial charge is 0.261 e. The van der Waals surface area contributed by atoms with Crippen molar-refractivity contribution in [1.82, 2.24) is 0 Å². The minimum Gasteiger partial charge on any atom is -0.460 e. The number of anilines is 6. The van der Waals surface area contributed by atoms with Gasteiger partial charge in [0.25, 0.3) is 6.71 Å². The molecule has 0 aromatic heterocycles. The first-order chi connectivity index (χ1) is 19.7. The van der Waals surface area contributed by atoms with Crippen molar-refractivity contribution in [1.29, 1.82) is 10.5 Å². The average molecular weight is 509 g/mol. The van der Waals surface area contributed by atoms with Crippen molar-refractivity contribution in [2.45, 2.75) is 0 Å². The second-order valence-electron chi connectivity index (χ2n) is 9.92. The lowest BCUT2D eigenvalue weighted by molar-refractivity contribution is 0.487. The minimum absolute atomic E-state index is 0.200. The van der Waals surface area contributed by atoms with Gasteiger partial charge in [0, 0.05) is 34.1 Å². The van der Waals surface area contributed by atoms with Gasteiger partial charge in [0.2, 0.25) is 0 Å². The van der Waals surface area contributed by atoms with Crippen LogP contribution in [0.2, 0.25) is 0 Å². The molecule has 0 N–H and O–H groups in total. The molecule has 3 aliphatic heterocycles. The fourth-order valence-electron chi connectivity index (χ4n) is 6.33. The monoisotopic (exact) mass is 509 g/mol. The highest BCUT2D eigenvalue weighted by Gasteiger charge is 2.48. The molecule has 0 saturated heterocycles. The summed E-state index contributed by atoms with van der Waals surface area (Å²) in [7, 11) is 0. The second kappa shape index (κ2) is 8.02. The van der Waals surface area contributed by atoms with Crippen LogP contribution < -0.4 is 30.9 Å². The molecule has 182 valence electrons. The first-order valence-electron chi connectivity index (χ1n) is 12.8. The Bertz CT molecular complexity index is 1900. The highest BCUT2D eigenvalue weighted by atomic mass is 16.5. The van der Waals surface area contributed by atoms with Crippen molar-refractivity contribution in [3.05, 3.63) is 120 Å². The van der Waals surface area contributed by atoms with Crippen molar-refractivity contribution >= 4 is 62.9 Å². The van der Waals surface area contributed by atoms with Crippen LogP contribution in [0.25, 0.3) is 4.85 Å². The van der Waals surface area contributed by atoms with Gasteiger partial charge in [0.15, 0.2) is 5.69 Å². The number of benzene rings is 5. The first kappa shape index (κ1) is 22.1. The maximum atomic E-state index is 10.2. The summed E-state index contributed by atoms with van der Waals surface area (Å²) in [5.41, 5.74) is 9.75. The van der Waals surface area contributed by atoms with Gasteiger partial charge in [-0.25, -0.2) is 4.85 Å². The van der Waals surface area contributed by atoms with Crippen LogP contribution in [0.3, 0.4) is 0 Å². The van der Waals surface area contributed by atoms with Crippen LogP contribution in [0, 0.1) is 29.2 Å². The van der Waals surface area contributed by atoms with E-state index in [1.807, 2.05) is 84.9 Å². The molecule has 6 nitrogen and oxygen atoms in total. The maximum absolute atomic E-state index is 10.2. The van der Waals surface area contributed by atoms with Crippen LogP contribution in [0.1, 0.15) is 11.1 Å². The van der Waals surface area contributed by atoms with Crippen molar-refractivity contribution < 1.29 is 4.74 Å². The summed E-state index contributed by atoms with van der Waals surface area (Å²) in [6, 6.07) is 35.9. The molecule has 0 radical (unpaired) electrons. The molecule has 3 aliphatic rings. The van der Waals surface area contributed by atoms with E-state index in [0.29, 0.717) is 28.3 Å². The van der Waals surface area contributed by atoms with Crippen molar-refractivity contribution in [3.63, 3.8) is 0 Å². The molecule has 0 atom stereocenters. The van der Waals surface area contributed by atoms with E-state index in [1.54, 1.807) is 12.1 Å². The fourth-order valence-corrected chi connectivity index (χ4v) is 6.33. The van der Waals surface area contributed by atoms with E-state index in [1.165, 1.54) is 0 Å². The van der Waals surface area contributed by atoms with E-state index in [9.17, 15) is 10.5 Å². The van der Waals surface area contributed by atoms with Crippen LogP contribution in [0.4, 0.5) is 39.8 Å². The van der Waals surface area contributed by atoms with E-state index < -0.39 is 0 Å². The average Bonchev–Trinajstić information content (AvgIpc) is 3.01. The van der Waals surface area contributed by atoms with Crippen molar-refractivity contribution in [2.75, 3.05) is 9.80 Å². The fraction of sp³-hybridized carbons (Fsp3) is 0. The van der Waals surface area contributed by atoms with Gasteiger partial charge in [-0.3, -0.25) is 0 Å². The number of hydrogen-bond acceptors (Lipinski definition) is 5. The third-order valence-electron chi connectivity index (χ3n) is 7.83. The molecule has 0 aliphatic carbocycles. The zero-order valence-electron chi connectivity index (χ0n) is 21.0. The van der Waals surface area contributed by atoms with Crippen molar-refractivity contribution in [3.8, 4) is 23.6 Å². The van der Waals surface area contributed by atoms with Crippen LogP contribution in [-0.4, -0.2) is 6.71 Å². The topological polar surface area (TPSA) is 67.7 Å². The Morgan fingerprint density at radius 1 is 0.625 bits per heavy atom.